The topological polar surface area (TPSA) is 36.9 Å². The number of rotatable bonds is 6. The van der Waals surface area contributed by atoms with Crippen molar-refractivity contribution >= 4 is 10.8 Å². The average Bonchev–Trinajstić information content (AvgIpc) is 2.77. The van der Waals surface area contributed by atoms with Gasteiger partial charge in [-0.2, -0.15) is 0 Å². The predicted molar refractivity (Wildman–Crippen MR) is 177 cm³/mol. The Balaban J connectivity index is 3.19. The Kier molecular flexibility index (Phi) is 11.9. The van der Waals surface area contributed by atoms with Crippen LogP contribution in [-0.2, 0) is 18.9 Å². The van der Waals surface area contributed by atoms with Crippen molar-refractivity contribution in [2.75, 3.05) is 0 Å². The zero-order chi connectivity index (χ0) is 34.0. The highest BCUT2D eigenvalue weighted by Crippen LogP contribution is 2.42. The SMILES string of the molecule is CC(C#Cc1c(C(C)OC(C)(C)C)c(C(C)OC(C)(C)C)c(C#CC(C)OC(C)(C)C)c2cc(F)c(F)cc12)OC(C)(C)C. The van der Waals surface area contributed by atoms with Crippen molar-refractivity contribution in [1.82, 2.24) is 0 Å². The van der Waals surface area contributed by atoms with Gasteiger partial charge in [-0.15, -0.1) is 0 Å². The monoisotopic (exact) mass is 612 g/mol. The van der Waals surface area contributed by atoms with E-state index in [0.717, 1.165) is 11.1 Å². The Morgan fingerprint density at radius 3 is 1.02 bits per heavy atom. The Bertz CT molecular complexity index is 1330. The lowest BCUT2D eigenvalue weighted by atomic mass is 9.84. The van der Waals surface area contributed by atoms with Gasteiger partial charge in [-0.05, 0) is 123 Å². The third-order valence-electron chi connectivity index (χ3n) is 6.16. The van der Waals surface area contributed by atoms with Gasteiger partial charge in [0.15, 0.2) is 11.6 Å². The zero-order valence-electron chi connectivity index (χ0n) is 29.9. The van der Waals surface area contributed by atoms with Crippen LogP contribution in [0.1, 0.15) is 145 Å². The van der Waals surface area contributed by atoms with Crippen molar-refractivity contribution < 1.29 is 27.7 Å². The smallest absolute Gasteiger partial charge is 0.159 e. The van der Waals surface area contributed by atoms with E-state index in [1.807, 2.05) is 111 Å². The molecular formula is C38H54F2O4. The Labute approximate surface area is 265 Å². The Hall–Kier alpha value is -2.48. The molecule has 0 fully saturated rings. The molecule has 0 heterocycles. The first-order chi connectivity index (χ1) is 19.8. The first kappa shape index (κ1) is 37.7. The second-order valence-electron chi connectivity index (χ2n) is 15.4. The van der Waals surface area contributed by atoms with Gasteiger partial charge in [-0.1, -0.05) is 23.7 Å². The van der Waals surface area contributed by atoms with E-state index in [2.05, 4.69) is 23.7 Å². The van der Waals surface area contributed by atoms with Gasteiger partial charge < -0.3 is 18.9 Å². The minimum Gasteiger partial charge on any atom is -0.368 e. The van der Waals surface area contributed by atoms with Gasteiger partial charge in [0.1, 0.15) is 12.2 Å². The first-order valence-corrected chi connectivity index (χ1v) is 15.5. The van der Waals surface area contributed by atoms with Crippen LogP contribution < -0.4 is 0 Å². The van der Waals surface area contributed by atoms with Crippen LogP contribution in [0.2, 0.25) is 0 Å². The number of ether oxygens (including phenoxy) is 4. The molecule has 6 heteroatoms. The van der Waals surface area contributed by atoms with Crippen LogP contribution in [0.3, 0.4) is 0 Å². The minimum absolute atomic E-state index is 0.414. The fourth-order valence-electron chi connectivity index (χ4n) is 5.28. The molecule has 4 nitrogen and oxygen atoms in total. The fraction of sp³-hybridized carbons (Fsp3) is 0.632. The molecular weight excluding hydrogens is 558 g/mol. The largest absolute Gasteiger partial charge is 0.368 e. The van der Waals surface area contributed by atoms with Crippen LogP contribution in [0.15, 0.2) is 12.1 Å². The van der Waals surface area contributed by atoms with E-state index >= 15 is 8.78 Å². The predicted octanol–water partition coefficient (Wildman–Crippen LogP) is 9.98. The maximum absolute atomic E-state index is 15.0. The van der Waals surface area contributed by atoms with Crippen molar-refractivity contribution in [3.63, 3.8) is 0 Å². The second-order valence-corrected chi connectivity index (χ2v) is 15.4. The average molecular weight is 613 g/mol. The highest BCUT2D eigenvalue weighted by Gasteiger charge is 2.31. The molecule has 0 aliphatic rings. The minimum atomic E-state index is -0.968. The van der Waals surface area contributed by atoms with Crippen LogP contribution in [0.25, 0.3) is 10.8 Å². The molecule has 244 valence electrons. The van der Waals surface area contributed by atoms with Gasteiger partial charge in [-0.3, -0.25) is 0 Å². The lowest BCUT2D eigenvalue weighted by Crippen LogP contribution is -2.26. The molecule has 0 aromatic heterocycles. The Morgan fingerprint density at radius 1 is 0.500 bits per heavy atom. The molecule has 4 atom stereocenters. The zero-order valence-corrected chi connectivity index (χ0v) is 29.9. The van der Waals surface area contributed by atoms with E-state index < -0.39 is 58.5 Å². The van der Waals surface area contributed by atoms with Gasteiger partial charge >= 0.3 is 0 Å². The van der Waals surface area contributed by atoms with Crippen LogP contribution in [-0.4, -0.2) is 34.6 Å². The summed E-state index contributed by atoms with van der Waals surface area (Å²) in [6, 6.07) is 2.41. The highest BCUT2D eigenvalue weighted by molar-refractivity contribution is 5.96. The van der Waals surface area contributed by atoms with Crippen LogP contribution in [0.5, 0.6) is 0 Å². The number of hydrogen-bond donors (Lipinski definition) is 0. The van der Waals surface area contributed by atoms with Crippen molar-refractivity contribution in [2.45, 2.75) is 158 Å². The molecule has 2 rings (SSSR count). The van der Waals surface area contributed by atoms with Crippen LogP contribution >= 0.6 is 0 Å². The summed E-state index contributed by atoms with van der Waals surface area (Å²) in [4.78, 5) is 0. The van der Waals surface area contributed by atoms with Crippen molar-refractivity contribution in [1.29, 1.82) is 0 Å². The summed E-state index contributed by atoms with van der Waals surface area (Å²) in [5.74, 6) is 11.1. The van der Waals surface area contributed by atoms with E-state index in [-0.39, 0.29) is 0 Å². The molecule has 0 amide bonds. The molecule has 4 unspecified atom stereocenters. The summed E-state index contributed by atoms with van der Waals surface area (Å²) in [5, 5.41) is 0.887. The van der Waals surface area contributed by atoms with Gasteiger partial charge in [0.2, 0.25) is 0 Å². The summed E-state index contributed by atoms with van der Waals surface area (Å²) in [6.07, 6.45) is -1.85. The molecule has 2 aromatic rings. The van der Waals surface area contributed by atoms with E-state index in [1.54, 1.807) is 0 Å². The van der Waals surface area contributed by atoms with Crippen LogP contribution in [0.4, 0.5) is 8.78 Å². The lowest BCUT2D eigenvalue weighted by Gasteiger charge is -2.33. The number of halogens is 2. The molecule has 0 N–H and O–H groups in total. The first-order valence-electron chi connectivity index (χ1n) is 15.5. The van der Waals surface area contributed by atoms with E-state index in [1.165, 1.54) is 12.1 Å². The molecule has 0 saturated carbocycles. The Morgan fingerprint density at radius 2 is 0.773 bits per heavy atom. The number of hydrogen-bond acceptors (Lipinski definition) is 4. The van der Waals surface area contributed by atoms with E-state index in [9.17, 15) is 0 Å². The third kappa shape index (κ3) is 11.5. The molecule has 2 aromatic carbocycles. The fourth-order valence-corrected chi connectivity index (χ4v) is 5.28. The molecule has 0 spiro atoms. The van der Waals surface area contributed by atoms with E-state index in [0.29, 0.717) is 21.9 Å². The quantitative estimate of drug-likeness (QED) is 0.304. The van der Waals surface area contributed by atoms with Gasteiger partial charge in [0, 0.05) is 33.0 Å². The van der Waals surface area contributed by atoms with Gasteiger partial charge in [0.05, 0.1) is 34.6 Å². The molecule has 0 aliphatic heterocycles. The molecule has 0 radical (unpaired) electrons. The van der Waals surface area contributed by atoms with Crippen molar-refractivity contribution in [2.24, 2.45) is 0 Å². The maximum Gasteiger partial charge on any atom is 0.159 e. The lowest BCUT2D eigenvalue weighted by molar-refractivity contribution is -0.0644. The highest BCUT2D eigenvalue weighted by atomic mass is 19.2. The standard InChI is InChI=1S/C38H54F2O4/c1-23(41-35(5,6)7)17-19-27-29-21-31(39)32(40)22-30(29)28(20-18-24(2)42-36(8,9)10)34(26(4)44-38(14,15)16)33(27)25(3)43-37(11,12)13/h21-26H,1-16H3. The second kappa shape index (κ2) is 13.9. The van der Waals surface area contributed by atoms with Crippen molar-refractivity contribution in [3.8, 4) is 23.7 Å². The molecule has 0 bridgehead atoms. The summed E-state index contributed by atoms with van der Waals surface area (Å²) in [5.41, 5.74) is 0.654. The summed E-state index contributed by atoms with van der Waals surface area (Å²) in [7, 11) is 0. The third-order valence-corrected chi connectivity index (χ3v) is 6.16. The summed E-state index contributed by atoms with van der Waals surface area (Å²) in [6.45, 7) is 31.3. The van der Waals surface area contributed by atoms with Gasteiger partial charge in [0.25, 0.3) is 0 Å². The molecule has 44 heavy (non-hydrogen) atoms. The summed E-state index contributed by atoms with van der Waals surface area (Å²) < 4.78 is 55.2. The maximum atomic E-state index is 15.0. The molecule has 0 saturated heterocycles. The number of fused-ring (bicyclic) bond motifs is 1. The van der Waals surface area contributed by atoms with Crippen LogP contribution in [0, 0.1) is 35.3 Å². The summed E-state index contributed by atoms with van der Waals surface area (Å²) >= 11 is 0. The van der Waals surface area contributed by atoms with Gasteiger partial charge in [-0.25, -0.2) is 8.78 Å². The normalized spacial score (nSPS) is 15.6. The molecule has 0 aliphatic carbocycles. The number of benzene rings is 2. The van der Waals surface area contributed by atoms with Crippen molar-refractivity contribution in [3.05, 3.63) is 46.0 Å². The van der Waals surface area contributed by atoms with E-state index in [4.69, 9.17) is 18.9 Å².